The van der Waals surface area contributed by atoms with Crippen LogP contribution in [0.15, 0.2) is 40.1 Å². The van der Waals surface area contributed by atoms with Crippen LogP contribution in [-0.4, -0.2) is 24.0 Å². The fourth-order valence-electron chi connectivity index (χ4n) is 2.32. The number of rotatable bonds is 5. The van der Waals surface area contributed by atoms with Gasteiger partial charge in [0.25, 0.3) is 0 Å². The van der Waals surface area contributed by atoms with Gasteiger partial charge in [-0.2, -0.15) is 0 Å². The maximum Gasteiger partial charge on any atom is 0.340 e. The van der Waals surface area contributed by atoms with Gasteiger partial charge in [-0.15, -0.1) is 11.3 Å². The standard InChI is InChI=1S/C18H15FN2O4S/c1-10-14(21-17(25-10)15-4-3-7-26-15)9-16(22)20-11-5-6-13(19)12(8-11)18(23)24-2/h3-8H,9H2,1-2H3,(H,20,22). The van der Waals surface area contributed by atoms with Crippen molar-refractivity contribution < 1.29 is 23.1 Å². The summed E-state index contributed by atoms with van der Waals surface area (Å²) in [7, 11) is 1.16. The molecule has 0 radical (unpaired) electrons. The van der Waals surface area contributed by atoms with Crippen LogP contribution in [0.2, 0.25) is 0 Å². The second-order valence-electron chi connectivity index (χ2n) is 5.41. The highest BCUT2D eigenvalue weighted by atomic mass is 32.1. The molecule has 1 N–H and O–H groups in total. The zero-order valence-corrected chi connectivity index (χ0v) is 14.9. The van der Waals surface area contributed by atoms with Crippen LogP contribution >= 0.6 is 11.3 Å². The second-order valence-corrected chi connectivity index (χ2v) is 6.36. The number of methoxy groups -OCH3 is 1. The van der Waals surface area contributed by atoms with Crippen LogP contribution in [0.4, 0.5) is 10.1 Å². The Labute approximate surface area is 152 Å². The predicted octanol–water partition coefficient (Wildman–Crippen LogP) is 3.82. The maximum atomic E-state index is 13.6. The van der Waals surface area contributed by atoms with E-state index in [1.165, 1.54) is 23.5 Å². The molecule has 26 heavy (non-hydrogen) atoms. The number of ether oxygens (including phenoxy) is 1. The Morgan fingerprint density at radius 3 is 2.85 bits per heavy atom. The first-order chi connectivity index (χ1) is 12.5. The zero-order valence-electron chi connectivity index (χ0n) is 14.0. The van der Waals surface area contributed by atoms with Crippen molar-refractivity contribution in [1.82, 2.24) is 4.98 Å². The molecule has 0 aliphatic carbocycles. The Kier molecular flexibility index (Phi) is 5.13. The van der Waals surface area contributed by atoms with Crippen molar-refractivity contribution in [3.8, 4) is 10.8 Å². The SMILES string of the molecule is COC(=O)c1cc(NC(=O)Cc2nc(-c3cccs3)oc2C)ccc1F. The van der Waals surface area contributed by atoms with Gasteiger partial charge in [-0.3, -0.25) is 4.79 Å². The lowest BCUT2D eigenvalue weighted by molar-refractivity contribution is -0.115. The Morgan fingerprint density at radius 2 is 2.15 bits per heavy atom. The lowest BCUT2D eigenvalue weighted by Crippen LogP contribution is -2.16. The molecule has 0 fully saturated rings. The van der Waals surface area contributed by atoms with Crippen LogP contribution < -0.4 is 5.32 Å². The molecule has 0 saturated heterocycles. The third-order valence-electron chi connectivity index (χ3n) is 3.61. The van der Waals surface area contributed by atoms with Crippen LogP contribution in [0.5, 0.6) is 0 Å². The first-order valence-electron chi connectivity index (χ1n) is 7.66. The van der Waals surface area contributed by atoms with Crippen molar-refractivity contribution in [1.29, 1.82) is 0 Å². The molecule has 0 aliphatic rings. The lowest BCUT2D eigenvalue weighted by atomic mass is 10.2. The van der Waals surface area contributed by atoms with Crippen LogP contribution in [0.3, 0.4) is 0 Å². The van der Waals surface area contributed by atoms with E-state index in [0.717, 1.165) is 18.1 Å². The molecule has 3 aromatic rings. The first-order valence-corrected chi connectivity index (χ1v) is 8.54. The van der Waals surface area contributed by atoms with Crippen molar-refractivity contribution in [3.05, 3.63) is 58.5 Å². The summed E-state index contributed by atoms with van der Waals surface area (Å²) >= 11 is 1.49. The van der Waals surface area contributed by atoms with Crippen molar-refractivity contribution >= 4 is 28.9 Å². The number of hydrogen-bond acceptors (Lipinski definition) is 6. The van der Waals surface area contributed by atoms with Gasteiger partial charge in [0.1, 0.15) is 11.6 Å². The van der Waals surface area contributed by atoms with E-state index in [1.807, 2.05) is 17.5 Å². The highest BCUT2D eigenvalue weighted by Gasteiger charge is 2.17. The van der Waals surface area contributed by atoms with Crippen LogP contribution in [0.1, 0.15) is 21.8 Å². The monoisotopic (exact) mass is 374 g/mol. The number of nitrogens with zero attached hydrogens (tertiary/aromatic N) is 1. The number of oxazole rings is 1. The Balaban J connectivity index is 1.73. The van der Waals surface area contributed by atoms with Crippen molar-refractivity contribution in [2.75, 3.05) is 12.4 Å². The fraction of sp³-hybridized carbons (Fsp3) is 0.167. The van der Waals surface area contributed by atoms with Crippen molar-refractivity contribution in [2.24, 2.45) is 0 Å². The molecule has 2 aromatic heterocycles. The number of carbonyl (C=O) groups excluding carboxylic acids is 2. The molecule has 1 aromatic carbocycles. The number of amides is 1. The number of halogens is 1. The number of hydrogen-bond donors (Lipinski definition) is 1. The quantitative estimate of drug-likeness (QED) is 0.687. The number of carbonyl (C=O) groups is 2. The van der Waals surface area contributed by atoms with E-state index in [-0.39, 0.29) is 23.6 Å². The summed E-state index contributed by atoms with van der Waals surface area (Å²) < 4.78 is 23.8. The summed E-state index contributed by atoms with van der Waals surface area (Å²) in [5.41, 5.74) is 0.556. The third-order valence-corrected chi connectivity index (χ3v) is 4.47. The van der Waals surface area contributed by atoms with E-state index < -0.39 is 11.8 Å². The molecule has 6 nitrogen and oxygen atoms in total. The Morgan fingerprint density at radius 1 is 1.35 bits per heavy atom. The van der Waals surface area contributed by atoms with E-state index in [2.05, 4.69) is 15.0 Å². The summed E-state index contributed by atoms with van der Waals surface area (Å²) in [5.74, 6) is -0.871. The number of thiophene rings is 1. The summed E-state index contributed by atoms with van der Waals surface area (Å²) in [6.45, 7) is 1.74. The average Bonchev–Trinajstić information content (AvgIpc) is 3.26. The maximum absolute atomic E-state index is 13.6. The summed E-state index contributed by atoms with van der Waals surface area (Å²) in [6, 6.07) is 7.46. The summed E-state index contributed by atoms with van der Waals surface area (Å²) in [4.78, 5) is 29.0. The van der Waals surface area contributed by atoms with Gasteiger partial charge in [-0.1, -0.05) is 6.07 Å². The van der Waals surface area contributed by atoms with Crippen LogP contribution in [-0.2, 0) is 16.0 Å². The van der Waals surface area contributed by atoms with Gasteiger partial charge in [0, 0.05) is 5.69 Å². The van der Waals surface area contributed by atoms with Gasteiger partial charge in [-0.25, -0.2) is 14.2 Å². The highest BCUT2D eigenvalue weighted by Crippen LogP contribution is 2.26. The topological polar surface area (TPSA) is 81.4 Å². The molecule has 0 spiro atoms. The van der Waals surface area contributed by atoms with E-state index in [4.69, 9.17) is 4.42 Å². The van der Waals surface area contributed by atoms with E-state index >= 15 is 0 Å². The molecule has 3 rings (SSSR count). The molecular weight excluding hydrogens is 359 g/mol. The van der Waals surface area contributed by atoms with E-state index in [9.17, 15) is 14.0 Å². The Hall–Kier alpha value is -3.00. The number of esters is 1. The number of aromatic nitrogens is 1. The van der Waals surface area contributed by atoms with Crippen molar-refractivity contribution in [3.63, 3.8) is 0 Å². The van der Waals surface area contributed by atoms with E-state index in [1.54, 1.807) is 6.92 Å². The van der Waals surface area contributed by atoms with Crippen LogP contribution in [0, 0.1) is 12.7 Å². The molecule has 0 atom stereocenters. The van der Waals surface area contributed by atoms with Gasteiger partial charge in [0.05, 0.1) is 29.7 Å². The number of nitrogens with one attached hydrogen (secondary N) is 1. The minimum Gasteiger partial charge on any atom is -0.465 e. The number of anilines is 1. The molecule has 134 valence electrons. The zero-order chi connectivity index (χ0) is 18.7. The smallest absolute Gasteiger partial charge is 0.340 e. The van der Waals surface area contributed by atoms with Crippen LogP contribution in [0.25, 0.3) is 10.8 Å². The lowest BCUT2D eigenvalue weighted by Gasteiger charge is -2.07. The second kappa shape index (κ2) is 7.49. The predicted molar refractivity (Wildman–Crippen MR) is 94.6 cm³/mol. The molecule has 0 unspecified atom stereocenters. The molecule has 0 bridgehead atoms. The van der Waals surface area contributed by atoms with Gasteiger partial charge in [-0.05, 0) is 36.6 Å². The summed E-state index contributed by atoms with van der Waals surface area (Å²) in [5, 5.41) is 4.53. The molecule has 0 saturated carbocycles. The summed E-state index contributed by atoms with van der Waals surface area (Å²) in [6.07, 6.45) is -0.00829. The van der Waals surface area contributed by atoms with Gasteiger partial charge in [0.2, 0.25) is 11.8 Å². The normalized spacial score (nSPS) is 10.6. The van der Waals surface area contributed by atoms with E-state index in [0.29, 0.717) is 17.3 Å². The molecule has 0 aliphatic heterocycles. The van der Waals surface area contributed by atoms with Gasteiger partial charge >= 0.3 is 5.97 Å². The van der Waals surface area contributed by atoms with Gasteiger partial charge < -0.3 is 14.5 Å². The van der Waals surface area contributed by atoms with Gasteiger partial charge in [0.15, 0.2) is 0 Å². The van der Waals surface area contributed by atoms with Crippen molar-refractivity contribution in [2.45, 2.75) is 13.3 Å². The molecule has 1 amide bonds. The Bertz CT molecular complexity index is 950. The fourth-order valence-corrected chi connectivity index (χ4v) is 2.97. The average molecular weight is 374 g/mol. The molecular formula is C18H15FN2O4S. The molecule has 2 heterocycles. The first kappa shape index (κ1) is 17.8. The number of aryl methyl sites for hydroxylation is 1. The largest absolute Gasteiger partial charge is 0.465 e. The third kappa shape index (κ3) is 3.80. The highest BCUT2D eigenvalue weighted by molar-refractivity contribution is 7.13. The minimum absolute atomic E-state index is 0.00829. The molecule has 8 heteroatoms. The number of benzene rings is 1. The minimum atomic E-state index is -0.813.